The zero-order chi connectivity index (χ0) is 14.5. The topological polar surface area (TPSA) is 15.3 Å². The average molecular weight is 329 g/mol. The van der Waals surface area contributed by atoms with Crippen molar-refractivity contribution in [2.75, 3.05) is 18.5 Å². The zero-order valence-corrected chi connectivity index (χ0v) is 13.9. The Morgan fingerprint density at radius 3 is 2.60 bits per heavy atom. The van der Waals surface area contributed by atoms with Gasteiger partial charge in [0.1, 0.15) is 0 Å². The van der Waals surface area contributed by atoms with Crippen molar-refractivity contribution in [3.63, 3.8) is 0 Å². The Morgan fingerprint density at radius 2 is 2.00 bits per heavy atom. The van der Waals surface area contributed by atoms with Crippen LogP contribution in [0.15, 0.2) is 30.3 Å². The fraction of sp³-hybridized carbons (Fsp3) is 0.333. The molecule has 0 amide bonds. The summed E-state index contributed by atoms with van der Waals surface area (Å²) in [6.45, 7) is 4.67. The van der Waals surface area contributed by atoms with E-state index in [1.807, 2.05) is 12.1 Å². The van der Waals surface area contributed by atoms with Crippen LogP contribution >= 0.6 is 34.5 Å². The SMILES string of the molecule is CCNCc1ccc(N(C)Cc2ccc(Cl)s2)cc1Cl. The Morgan fingerprint density at radius 1 is 1.20 bits per heavy atom. The molecular formula is C15H18Cl2N2S. The van der Waals surface area contributed by atoms with Crippen molar-refractivity contribution in [1.29, 1.82) is 0 Å². The van der Waals surface area contributed by atoms with Gasteiger partial charge >= 0.3 is 0 Å². The number of anilines is 1. The molecule has 1 heterocycles. The van der Waals surface area contributed by atoms with Gasteiger partial charge in [-0.05, 0) is 36.4 Å². The van der Waals surface area contributed by atoms with Crippen LogP contribution in [0.1, 0.15) is 17.4 Å². The van der Waals surface area contributed by atoms with Gasteiger partial charge in [0.2, 0.25) is 0 Å². The van der Waals surface area contributed by atoms with Gasteiger partial charge in [0.25, 0.3) is 0 Å². The molecule has 2 nitrogen and oxygen atoms in total. The quantitative estimate of drug-likeness (QED) is 0.819. The molecule has 0 radical (unpaired) electrons. The molecule has 0 fully saturated rings. The van der Waals surface area contributed by atoms with E-state index in [1.54, 1.807) is 11.3 Å². The second-order valence-corrected chi connectivity index (χ2v) is 6.82. The van der Waals surface area contributed by atoms with Gasteiger partial charge in [0.15, 0.2) is 0 Å². The Balaban J connectivity index is 2.06. The van der Waals surface area contributed by atoms with Crippen LogP contribution in [0.4, 0.5) is 5.69 Å². The highest BCUT2D eigenvalue weighted by atomic mass is 35.5. The number of benzene rings is 1. The molecule has 0 saturated carbocycles. The van der Waals surface area contributed by atoms with Crippen molar-refractivity contribution in [1.82, 2.24) is 5.32 Å². The number of halogens is 2. The second kappa shape index (κ2) is 7.32. The molecule has 0 aliphatic heterocycles. The highest BCUT2D eigenvalue weighted by Crippen LogP contribution is 2.27. The third-order valence-electron chi connectivity index (χ3n) is 3.06. The fourth-order valence-corrected chi connectivity index (χ4v) is 3.32. The van der Waals surface area contributed by atoms with Crippen LogP contribution in [0.2, 0.25) is 9.36 Å². The number of rotatable bonds is 6. The van der Waals surface area contributed by atoms with Crippen LogP contribution in [0.25, 0.3) is 0 Å². The van der Waals surface area contributed by atoms with Gasteiger partial charge in [-0.15, -0.1) is 11.3 Å². The van der Waals surface area contributed by atoms with E-state index in [4.69, 9.17) is 23.2 Å². The molecule has 1 aromatic carbocycles. The summed E-state index contributed by atoms with van der Waals surface area (Å²) in [5.41, 5.74) is 2.24. The van der Waals surface area contributed by atoms with Gasteiger partial charge in [0.05, 0.1) is 10.9 Å². The molecule has 0 aliphatic rings. The number of hydrogen-bond acceptors (Lipinski definition) is 3. The van der Waals surface area contributed by atoms with Crippen molar-refractivity contribution in [2.24, 2.45) is 0 Å². The number of nitrogens with one attached hydrogen (secondary N) is 1. The lowest BCUT2D eigenvalue weighted by Crippen LogP contribution is -2.16. The van der Waals surface area contributed by atoms with Gasteiger partial charge < -0.3 is 10.2 Å². The van der Waals surface area contributed by atoms with Gasteiger partial charge in [0, 0.05) is 29.2 Å². The van der Waals surface area contributed by atoms with Crippen LogP contribution in [0, 0.1) is 0 Å². The van der Waals surface area contributed by atoms with E-state index in [-0.39, 0.29) is 0 Å². The molecule has 0 saturated heterocycles. The first-order chi connectivity index (χ1) is 9.60. The summed E-state index contributed by atoms with van der Waals surface area (Å²) in [4.78, 5) is 3.41. The average Bonchev–Trinajstić information content (AvgIpc) is 2.82. The minimum Gasteiger partial charge on any atom is -0.369 e. The van der Waals surface area contributed by atoms with Gasteiger partial charge in [-0.1, -0.05) is 36.2 Å². The van der Waals surface area contributed by atoms with E-state index in [0.29, 0.717) is 0 Å². The van der Waals surface area contributed by atoms with Crippen molar-refractivity contribution < 1.29 is 0 Å². The van der Waals surface area contributed by atoms with Gasteiger partial charge in [-0.3, -0.25) is 0 Å². The lowest BCUT2D eigenvalue weighted by atomic mass is 10.2. The van der Waals surface area contributed by atoms with Crippen LogP contribution in [-0.4, -0.2) is 13.6 Å². The lowest BCUT2D eigenvalue weighted by molar-refractivity contribution is 0.727. The Hall–Kier alpha value is -0.740. The minimum atomic E-state index is 0.805. The monoisotopic (exact) mass is 328 g/mol. The number of hydrogen-bond donors (Lipinski definition) is 1. The Labute approximate surface area is 134 Å². The molecule has 108 valence electrons. The van der Waals surface area contributed by atoms with Crippen LogP contribution < -0.4 is 10.2 Å². The van der Waals surface area contributed by atoms with E-state index in [0.717, 1.165) is 40.2 Å². The summed E-state index contributed by atoms with van der Waals surface area (Å²) < 4.78 is 0.826. The van der Waals surface area contributed by atoms with E-state index < -0.39 is 0 Å². The van der Waals surface area contributed by atoms with Crippen molar-refractivity contribution in [2.45, 2.75) is 20.0 Å². The van der Waals surface area contributed by atoms with Crippen LogP contribution in [-0.2, 0) is 13.1 Å². The summed E-state index contributed by atoms with van der Waals surface area (Å²) in [7, 11) is 2.06. The van der Waals surface area contributed by atoms with Crippen LogP contribution in [0.5, 0.6) is 0 Å². The maximum absolute atomic E-state index is 6.33. The van der Waals surface area contributed by atoms with Crippen molar-refractivity contribution in [3.05, 3.63) is 50.1 Å². The molecule has 20 heavy (non-hydrogen) atoms. The molecular weight excluding hydrogens is 311 g/mol. The molecule has 1 N–H and O–H groups in total. The van der Waals surface area contributed by atoms with Crippen LogP contribution in [0.3, 0.4) is 0 Å². The van der Waals surface area contributed by atoms with Crippen molar-refractivity contribution in [3.8, 4) is 0 Å². The Kier molecular flexibility index (Phi) is 5.73. The van der Waals surface area contributed by atoms with E-state index in [1.165, 1.54) is 4.88 Å². The van der Waals surface area contributed by atoms with Gasteiger partial charge in [-0.25, -0.2) is 0 Å². The smallest absolute Gasteiger partial charge is 0.0931 e. The summed E-state index contributed by atoms with van der Waals surface area (Å²) in [5.74, 6) is 0. The molecule has 0 atom stereocenters. The predicted molar refractivity (Wildman–Crippen MR) is 90.3 cm³/mol. The molecule has 5 heteroatoms. The largest absolute Gasteiger partial charge is 0.369 e. The zero-order valence-electron chi connectivity index (χ0n) is 11.6. The maximum atomic E-state index is 6.33. The summed E-state index contributed by atoms with van der Waals surface area (Å²) in [6.07, 6.45) is 0. The highest BCUT2D eigenvalue weighted by Gasteiger charge is 2.07. The highest BCUT2D eigenvalue weighted by molar-refractivity contribution is 7.16. The molecule has 0 spiro atoms. The molecule has 0 bridgehead atoms. The molecule has 2 aromatic rings. The van der Waals surface area contributed by atoms with Gasteiger partial charge in [-0.2, -0.15) is 0 Å². The first-order valence-electron chi connectivity index (χ1n) is 6.54. The first kappa shape index (κ1) is 15.6. The normalized spacial score (nSPS) is 10.8. The van der Waals surface area contributed by atoms with E-state index in [9.17, 15) is 0 Å². The predicted octanol–water partition coefficient (Wildman–Crippen LogP) is 4.80. The van der Waals surface area contributed by atoms with Crippen molar-refractivity contribution >= 4 is 40.2 Å². The standard InChI is InChI=1S/C15H18Cl2N2S/c1-3-18-9-11-4-5-12(8-14(11)16)19(2)10-13-6-7-15(17)20-13/h4-8,18H,3,9-10H2,1-2H3. The maximum Gasteiger partial charge on any atom is 0.0931 e. The fourth-order valence-electron chi connectivity index (χ4n) is 1.94. The number of thiophene rings is 1. The molecule has 2 rings (SSSR count). The van der Waals surface area contributed by atoms with E-state index in [2.05, 4.69) is 42.4 Å². The third-order valence-corrected chi connectivity index (χ3v) is 4.63. The number of nitrogens with zero attached hydrogens (tertiary/aromatic N) is 1. The Bertz CT molecular complexity index is 569. The second-order valence-electron chi connectivity index (χ2n) is 4.62. The minimum absolute atomic E-state index is 0.805. The first-order valence-corrected chi connectivity index (χ1v) is 8.12. The third kappa shape index (κ3) is 4.13. The molecule has 0 aliphatic carbocycles. The molecule has 0 unspecified atom stereocenters. The molecule has 1 aromatic heterocycles. The summed E-state index contributed by atoms with van der Waals surface area (Å²) in [6, 6.07) is 10.2. The van der Waals surface area contributed by atoms with E-state index >= 15 is 0 Å². The summed E-state index contributed by atoms with van der Waals surface area (Å²) in [5, 5.41) is 4.09. The lowest BCUT2D eigenvalue weighted by Gasteiger charge is -2.19. The summed E-state index contributed by atoms with van der Waals surface area (Å²) >= 11 is 13.9.